The van der Waals surface area contributed by atoms with Crippen molar-refractivity contribution in [1.29, 1.82) is 0 Å². The van der Waals surface area contributed by atoms with Crippen LogP contribution in [0.15, 0.2) is 24.3 Å². The zero-order valence-corrected chi connectivity index (χ0v) is 12.0. The van der Waals surface area contributed by atoms with Crippen LogP contribution in [0.4, 0.5) is 11.4 Å². The number of anilines is 2. The normalized spacial score (nSPS) is 15.8. The summed E-state index contributed by atoms with van der Waals surface area (Å²) < 4.78 is 0. The first-order valence-corrected chi connectivity index (χ1v) is 6.84. The van der Waals surface area contributed by atoms with E-state index in [1.54, 1.807) is 24.3 Å². The largest absolute Gasteiger partial charge is 0.392 e. The van der Waals surface area contributed by atoms with Crippen molar-refractivity contribution >= 4 is 40.4 Å². The number of rotatable bonds is 4. The van der Waals surface area contributed by atoms with Crippen LogP contribution in [0, 0.1) is 5.41 Å². The van der Waals surface area contributed by atoms with E-state index in [4.69, 9.17) is 18.0 Å². The second-order valence-electron chi connectivity index (χ2n) is 5.01. The van der Waals surface area contributed by atoms with Crippen molar-refractivity contribution in [1.82, 2.24) is 0 Å². The van der Waals surface area contributed by atoms with Gasteiger partial charge in [-0.05, 0) is 37.1 Å². The molecule has 1 aromatic rings. The molecule has 5 nitrogen and oxygen atoms in total. The van der Waals surface area contributed by atoms with Crippen molar-refractivity contribution in [2.45, 2.75) is 26.2 Å². The van der Waals surface area contributed by atoms with Gasteiger partial charge in [0.2, 0.25) is 11.8 Å². The molecule has 0 aliphatic heterocycles. The fourth-order valence-corrected chi connectivity index (χ4v) is 2.50. The van der Waals surface area contributed by atoms with E-state index in [2.05, 4.69) is 10.6 Å². The Morgan fingerprint density at radius 1 is 1.15 bits per heavy atom. The quantitative estimate of drug-likeness (QED) is 0.741. The summed E-state index contributed by atoms with van der Waals surface area (Å²) in [5, 5.41) is 5.49. The average molecular weight is 291 g/mol. The first kappa shape index (κ1) is 14.5. The van der Waals surface area contributed by atoms with E-state index in [9.17, 15) is 9.59 Å². The van der Waals surface area contributed by atoms with Crippen molar-refractivity contribution in [2.24, 2.45) is 11.1 Å². The lowest BCUT2D eigenvalue weighted by molar-refractivity contribution is -0.125. The molecular weight excluding hydrogens is 274 g/mol. The summed E-state index contributed by atoms with van der Waals surface area (Å²) in [5.74, 6) is -0.285. The van der Waals surface area contributed by atoms with Crippen LogP contribution in [0.1, 0.15) is 26.2 Å². The first-order valence-electron chi connectivity index (χ1n) is 6.43. The molecule has 0 radical (unpaired) electrons. The SMILES string of the molecule is CC(=O)Nc1ccc(NC(=O)C2(C(N)=S)CCC2)cc1. The van der Waals surface area contributed by atoms with Crippen molar-refractivity contribution < 1.29 is 9.59 Å². The zero-order valence-electron chi connectivity index (χ0n) is 11.2. The fourth-order valence-electron chi connectivity index (χ4n) is 2.21. The molecule has 1 fully saturated rings. The molecule has 0 spiro atoms. The number of carbonyl (C=O) groups is 2. The second kappa shape index (κ2) is 5.58. The number of hydrogen-bond acceptors (Lipinski definition) is 3. The number of hydrogen-bond donors (Lipinski definition) is 3. The number of benzene rings is 1. The Balaban J connectivity index is 2.04. The number of nitrogens with two attached hydrogens (primary N) is 1. The van der Waals surface area contributed by atoms with Gasteiger partial charge in [0.25, 0.3) is 0 Å². The Morgan fingerprint density at radius 3 is 2.00 bits per heavy atom. The molecule has 106 valence electrons. The van der Waals surface area contributed by atoms with Gasteiger partial charge in [0.1, 0.15) is 0 Å². The maximum atomic E-state index is 12.3. The maximum Gasteiger partial charge on any atom is 0.237 e. The van der Waals surface area contributed by atoms with Gasteiger partial charge >= 0.3 is 0 Å². The summed E-state index contributed by atoms with van der Waals surface area (Å²) in [7, 11) is 0. The summed E-state index contributed by atoms with van der Waals surface area (Å²) in [6, 6.07) is 6.92. The molecule has 2 rings (SSSR count). The molecule has 0 aromatic heterocycles. The third-order valence-electron chi connectivity index (χ3n) is 3.58. The van der Waals surface area contributed by atoms with Gasteiger partial charge in [0.15, 0.2) is 0 Å². The minimum atomic E-state index is -0.689. The summed E-state index contributed by atoms with van der Waals surface area (Å²) in [4.78, 5) is 23.5. The molecule has 6 heteroatoms. The Kier molecular flexibility index (Phi) is 4.04. The summed E-state index contributed by atoms with van der Waals surface area (Å²) in [6.45, 7) is 1.44. The van der Waals surface area contributed by atoms with Gasteiger partial charge in [-0.1, -0.05) is 18.6 Å². The van der Waals surface area contributed by atoms with E-state index in [0.29, 0.717) is 24.2 Å². The predicted octanol–water partition coefficient (Wildman–Crippen LogP) is 2.04. The standard InChI is InChI=1S/C14H17N3O2S/c1-9(18)16-10-3-5-11(6-4-10)17-13(19)14(12(15)20)7-2-8-14/h3-6H,2,7-8H2,1H3,(H2,15,20)(H,16,18)(H,17,19). The van der Waals surface area contributed by atoms with Gasteiger partial charge in [-0.2, -0.15) is 0 Å². The van der Waals surface area contributed by atoms with Gasteiger partial charge in [0.05, 0.1) is 10.4 Å². The zero-order chi connectivity index (χ0) is 14.8. The average Bonchev–Trinajstić information content (AvgIpc) is 2.28. The molecule has 0 unspecified atom stereocenters. The van der Waals surface area contributed by atoms with E-state index in [0.717, 1.165) is 6.42 Å². The van der Waals surface area contributed by atoms with Crippen LogP contribution in [-0.2, 0) is 9.59 Å². The van der Waals surface area contributed by atoms with Gasteiger partial charge in [-0.15, -0.1) is 0 Å². The molecule has 0 heterocycles. The van der Waals surface area contributed by atoms with Crippen LogP contribution in [0.3, 0.4) is 0 Å². The topological polar surface area (TPSA) is 84.2 Å². The first-order chi connectivity index (χ1) is 9.44. The molecule has 2 amide bonds. The van der Waals surface area contributed by atoms with Crippen LogP contribution in [0.25, 0.3) is 0 Å². The monoisotopic (exact) mass is 291 g/mol. The summed E-state index contributed by atoms with van der Waals surface area (Å²) in [6.07, 6.45) is 2.38. The highest BCUT2D eigenvalue weighted by atomic mass is 32.1. The van der Waals surface area contributed by atoms with E-state index < -0.39 is 5.41 Å². The minimum Gasteiger partial charge on any atom is -0.392 e. The lowest BCUT2D eigenvalue weighted by Crippen LogP contribution is -2.50. The Hall–Kier alpha value is -1.95. The van der Waals surface area contributed by atoms with E-state index in [1.807, 2.05) is 0 Å². The van der Waals surface area contributed by atoms with Crippen LogP contribution in [0.2, 0.25) is 0 Å². The molecule has 4 N–H and O–H groups in total. The molecule has 1 aliphatic carbocycles. The molecule has 0 saturated heterocycles. The van der Waals surface area contributed by atoms with Crippen molar-refractivity contribution in [3.63, 3.8) is 0 Å². The van der Waals surface area contributed by atoms with E-state index in [1.165, 1.54) is 6.92 Å². The van der Waals surface area contributed by atoms with Gasteiger partial charge in [-0.3, -0.25) is 9.59 Å². The molecule has 1 aliphatic rings. The number of thiocarbonyl (C=S) groups is 1. The van der Waals surface area contributed by atoms with Crippen LogP contribution in [-0.4, -0.2) is 16.8 Å². The third kappa shape index (κ3) is 2.80. The Labute approximate surface area is 122 Å². The molecule has 0 bridgehead atoms. The number of amides is 2. The van der Waals surface area contributed by atoms with Crippen molar-refractivity contribution in [3.8, 4) is 0 Å². The van der Waals surface area contributed by atoms with Gasteiger partial charge < -0.3 is 16.4 Å². The van der Waals surface area contributed by atoms with Crippen LogP contribution >= 0.6 is 12.2 Å². The second-order valence-corrected chi connectivity index (χ2v) is 5.45. The highest BCUT2D eigenvalue weighted by molar-refractivity contribution is 7.80. The smallest absolute Gasteiger partial charge is 0.237 e. The summed E-state index contributed by atoms with van der Waals surface area (Å²) in [5.41, 5.74) is 6.34. The Morgan fingerprint density at radius 2 is 1.65 bits per heavy atom. The van der Waals surface area contributed by atoms with Crippen LogP contribution in [0.5, 0.6) is 0 Å². The molecular formula is C14H17N3O2S. The highest BCUT2D eigenvalue weighted by Gasteiger charge is 2.46. The van der Waals surface area contributed by atoms with Crippen LogP contribution < -0.4 is 16.4 Å². The number of carbonyl (C=O) groups excluding carboxylic acids is 2. The predicted molar refractivity (Wildman–Crippen MR) is 82.4 cm³/mol. The van der Waals surface area contributed by atoms with E-state index >= 15 is 0 Å². The van der Waals surface area contributed by atoms with Crippen molar-refractivity contribution in [2.75, 3.05) is 10.6 Å². The lowest BCUT2D eigenvalue weighted by atomic mass is 9.68. The fraction of sp³-hybridized carbons (Fsp3) is 0.357. The van der Waals surface area contributed by atoms with Gasteiger partial charge in [0, 0.05) is 18.3 Å². The lowest BCUT2D eigenvalue weighted by Gasteiger charge is -2.39. The number of nitrogens with one attached hydrogen (secondary N) is 2. The Bertz CT molecular complexity index is 550. The highest BCUT2D eigenvalue weighted by Crippen LogP contribution is 2.42. The maximum absolute atomic E-state index is 12.3. The minimum absolute atomic E-state index is 0.135. The van der Waals surface area contributed by atoms with E-state index in [-0.39, 0.29) is 16.8 Å². The summed E-state index contributed by atoms with van der Waals surface area (Å²) >= 11 is 5.01. The molecule has 1 saturated carbocycles. The van der Waals surface area contributed by atoms with Gasteiger partial charge in [-0.25, -0.2) is 0 Å². The molecule has 1 aromatic carbocycles. The third-order valence-corrected chi connectivity index (χ3v) is 3.97. The van der Waals surface area contributed by atoms with Crippen molar-refractivity contribution in [3.05, 3.63) is 24.3 Å². The molecule has 20 heavy (non-hydrogen) atoms. The molecule has 0 atom stereocenters.